The Labute approximate surface area is 188 Å². The van der Waals surface area contributed by atoms with E-state index in [-0.39, 0.29) is 12.1 Å². The SMILES string of the molecule is CC(C)n1ccc([C@@H]2[C@@H](c3ccccn3)NC(=S)N2c2ccc(NS(C)(=O)=O)cc2)c1. The molecule has 0 unspecified atom stereocenters. The van der Waals surface area contributed by atoms with Crippen LogP contribution in [0.2, 0.25) is 0 Å². The van der Waals surface area contributed by atoms with Crippen molar-refractivity contribution in [2.75, 3.05) is 15.9 Å². The van der Waals surface area contributed by atoms with Gasteiger partial charge in [-0.1, -0.05) is 6.07 Å². The van der Waals surface area contributed by atoms with Crippen LogP contribution in [-0.2, 0) is 10.0 Å². The summed E-state index contributed by atoms with van der Waals surface area (Å²) in [7, 11) is -3.34. The largest absolute Gasteiger partial charge is 0.351 e. The minimum Gasteiger partial charge on any atom is -0.351 e. The summed E-state index contributed by atoms with van der Waals surface area (Å²) >= 11 is 5.72. The third kappa shape index (κ3) is 4.57. The van der Waals surface area contributed by atoms with Crippen LogP contribution in [0.15, 0.2) is 67.1 Å². The fourth-order valence-corrected chi connectivity index (χ4v) is 4.71. The smallest absolute Gasteiger partial charge is 0.229 e. The average Bonchev–Trinajstić information content (AvgIpc) is 3.33. The molecule has 1 aliphatic heterocycles. The van der Waals surface area contributed by atoms with Crippen LogP contribution in [0.3, 0.4) is 0 Å². The predicted octanol–water partition coefficient (Wildman–Crippen LogP) is 4.01. The van der Waals surface area contributed by atoms with Gasteiger partial charge in [0.05, 0.1) is 24.0 Å². The van der Waals surface area contributed by atoms with Crippen LogP contribution in [0.4, 0.5) is 11.4 Å². The number of nitrogens with zero attached hydrogens (tertiary/aromatic N) is 3. The zero-order chi connectivity index (χ0) is 22.2. The average molecular weight is 456 g/mol. The van der Waals surface area contributed by atoms with E-state index in [1.54, 1.807) is 18.3 Å². The molecule has 1 fully saturated rings. The van der Waals surface area contributed by atoms with E-state index in [9.17, 15) is 8.42 Å². The van der Waals surface area contributed by atoms with Gasteiger partial charge in [0.15, 0.2) is 5.11 Å². The van der Waals surface area contributed by atoms with Crippen molar-refractivity contribution < 1.29 is 8.42 Å². The molecule has 3 aromatic rings. The van der Waals surface area contributed by atoms with Gasteiger partial charge in [-0.2, -0.15) is 0 Å². The maximum absolute atomic E-state index is 11.5. The molecule has 2 atom stereocenters. The monoisotopic (exact) mass is 455 g/mol. The van der Waals surface area contributed by atoms with E-state index in [0.29, 0.717) is 16.8 Å². The van der Waals surface area contributed by atoms with E-state index in [4.69, 9.17) is 12.2 Å². The Hall–Kier alpha value is -2.91. The second kappa shape index (κ2) is 8.32. The van der Waals surface area contributed by atoms with Gasteiger partial charge in [-0.25, -0.2) is 8.42 Å². The zero-order valence-electron chi connectivity index (χ0n) is 17.6. The van der Waals surface area contributed by atoms with Crippen molar-refractivity contribution in [2.24, 2.45) is 0 Å². The van der Waals surface area contributed by atoms with Crippen LogP contribution in [-0.4, -0.2) is 29.3 Å². The summed E-state index contributed by atoms with van der Waals surface area (Å²) < 4.78 is 27.7. The third-order valence-corrected chi connectivity index (χ3v) is 6.14. The maximum atomic E-state index is 11.5. The van der Waals surface area contributed by atoms with Crippen molar-refractivity contribution in [1.82, 2.24) is 14.9 Å². The van der Waals surface area contributed by atoms with Gasteiger partial charge >= 0.3 is 0 Å². The summed E-state index contributed by atoms with van der Waals surface area (Å²) in [6.45, 7) is 4.28. The molecule has 1 aromatic carbocycles. The van der Waals surface area contributed by atoms with Crippen molar-refractivity contribution in [3.63, 3.8) is 0 Å². The lowest BCUT2D eigenvalue weighted by Gasteiger charge is -2.27. The number of hydrogen-bond acceptors (Lipinski definition) is 4. The summed E-state index contributed by atoms with van der Waals surface area (Å²) in [6.07, 6.45) is 7.14. The molecule has 4 rings (SSSR count). The van der Waals surface area contributed by atoms with Crippen LogP contribution < -0.4 is 14.9 Å². The van der Waals surface area contributed by atoms with Crippen LogP contribution >= 0.6 is 12.2 Å². The zero-order valence-corrected chi connectivity index (χ0v) is 19.2. The molecule has 0 aliphatic carbocycles. The molecule has 3 heterocycles. The van der Waals surface area contributed by atoms with Crippen molar-refractivity contribution >= 4 is 38.7 Å². The van der Waals surface area contributed by atoms with Gasteiger partial charge in [0.2, 0.25) is 10.0 Å². The summed E-state index contributed by atoms with van der Waals surface area (Å²) in [5.74, 6) is 0. The van der Waals surface area contributed by atoms with E-state index in [2.05, 4.69) is 56.8 Å². The molecule has 1 saturated heterocycles. The molecule has 31 heavy (non-hydrogen) atoms. The highest BCUT2D eigenvalue weighted by atomic mass is 32.2. The lowest BCUT2D eigenvalue weighted by molar-refractivity contribution is 0.560. The van der Waals surface area contributed by atoms with E-state index >= 15 is 0 Å². The number of benzene rings is 1. The number of pyridine rings is 1. The first kappa shape index (κ1) is 21.3. The van der Waals surface area contributed by atoms with Crippen molar-refractivity contribution in [2.45, 2.75) is 32.0 Å². The Bertz CT molecular complexity index is 1170. The van der Waals surface area contributed by atoms with Crippen LogP contribution in [0, 0.1) is 0 Å². The van der Waals surface area contributed by atoms with E-state index in [0.717, 1.165) is 23.2 Å². The van der Waals surface area contributed by atoms with Gasteiger partial charge in [0, 0.05) is 36.0 Å². The number of sulfonamides is 1. The third-order valence-electron chi connectivity index (χ3n) is 5.22. The number of aromatic nitrogens is 2. The molecule has 9 heteroatoms. The van der Waals surface area contributed by atoms with Crippen molar-refractivity contribution in [3.05, 3.63) is 78.4 Å². The first-order chi connectivity index (χ1) is 14.7. The van der Waals surface area contributed by atoms with Crippen LogP contribution in [0.5, 0.6) is 0 Å². The molecule has 0 radical (unpaired) electrons. The number of nitrogens with one attached hydrogen (secondary N) is 2. The highest BCUT2D eigenvalue weighted by Gasteiger charge is 2.41. The van der Waals surface area contributed by atoms with E-state index in [1.165, 1.54) is 0 Å². The second-order valence-electron chi connectivity index (χ2n) is 7.90. The van der Waals surface area contributed by atoms with E-state index < -0.39 is 10.0 Å². The van der Waals surface area contributed by atoms with Crippen LogP contribution in [0.25, 0.3) is 0 Å². The minimum atomic E-state index is -3.34. The lowest BCUT2D eigenvalue weighted by Crippen LogP contribution is -2.29. The Morgan fingerprint density at radius 1 is 1.13 bits per heavy atom. The lowest BCUT2D eigenvalue weighted by atomic mass is 9.98. The van der Waals surface area contributed by atoms with Gasteiger partial charge in [0.25, 0.3) is 0 Å². The quantitative estimate of drug-likeness (QED) is 0.547. The standard InChI is InChI=1S/C22H25N5O2S2/c1-15(2)26-13-11-16(14-26)21-20(19-6-4-5-12-23-19)24-22(30)27(21)18-9-7-17(8-10-18)25-31(3,28)29/h4-15,20-21,25H,1-3H3,(H,24,30)/t20-,21-/m1/s1. The van der Waals surface area contributed by atoms with Gasteiger partial charge in [-0.15, -0.1) is 0 Å². The summed E-state index contributed by atoms with van der Waals surface area (Å²) in [5.41, 5.74) is 3.41. The fraction of sp³-hybridized carbons (Fsp3) is 0.273. The molecule has 7 nitrogen and oxygen atoms in total. The number of anilines is 2. The summed E-state index contributed by atoms with van der Waals surface area (Å²) in [4.78, 5) is 6.63. The Balaban J connectivity index is 1.74. The van der Waals surface area contributed by atoms with Crippen LogP contribution in [0.1, 0.15) is 43.2 Å². The Kier molecular flexibility index (Phi) is 5.72. The van der Waals surface area contributed by atoms with Gasteiger partial charge in [-0.3, -0.25) is 9.71 Å². The topological polar surface area (TPSA) is 79.3 Å². The first-order valence-corrected chi connectivity index (χ1v) is 12.3. The first-order valence-electron chi connectivity index (χ1n) is 9.99. The molecule has 0 saturated carbocycles. The van der Waals surface area contributed by atoms with Gasteiger partial charge in [0.1, 0.15) is 0 Å². The van der Waals surface area contributed by atoms with Gasteiger partial charge in [-0.05, 0) is 74.1 Å². The normalized spacial score (nSPS) is 19.0. The highest BCUT2D eigenvalue weighted by Crippen LogP contribution is 2.42. The predicted molar refractivity (Wildman–Crippen MR) is 128 cm³/mol. The van der Waals surface area contributed by atoms with E-state index in [1.807, 2.05) is 30.3 Å². The fourth-order valence-electron chi connectivity index (χ4n) is 3.80. The Morgan fingerprint density at radius 2 is 1.87 bits per heavy atom. The summed E-state index contributed by atoms with van der Waals surface area (Å²) in [6, 6.07) is 15.3. The molecular weight excluding hydrogens is 430 g/mol. The van der Waals surface area contributed by atoms with Crippen molar-refractivity contribution in [3.8, 4) is 0 Å². The summed E-state index contributed by atoms with van der Waals surface area (Å²) in [5, 5.41) is 4.03. The van der Waals surface area contributed by atoms with Crippen molar-refractivity contribution in [1.29, 1.82) is 0 Å². The number of thiocarbonyl (C=S) groups is 1. The molecule has 162 valence electrons. The molecule has 2 aromatic heterocycles. The highest BCUT2D eigenvalue weighted by molar-refractivity contribution is 7.92. The number of hydrogen-bond donors (Lipinski definition) is 2. The molecule has 0 amide bonds. The number of rotatable bonds is 6. The minimum absolute atomic E-state index is 0.101. The molecule has 0 bridgehead atoms. The maximum Gasteiger partial charge on any atom is 0.229 e. The molecule has 0 spiro atoms. The second-order valence-corrected chi connectivity index (χ2v) is 10.0. The molecule has 2 N–H and O–H groups in total. The molecule has 1 aliphatic rings. The molecular formula is C22H25N5O2S2. The van der Waals surface area contributed by atoms with Gasteiger partial charge < -0.3 is 14.8 Å². The Morgan fingerprint density at radius 3 is 2.45 bits per heavy atom.